The second-order valence-electron chi connectivity index (χ2n) is 6.38. The van der Waals surface area contributed by atoms with E-state index < -0.39 is 17.6 Å². The molecule has 0 aromatic heterocycles. The fraction of sp³-hybridized carbons (Fsp3) is 0.0833. The van der Waals surface area contributed by atoms with Crippen LogP contribution in [0.5, 0.6) is 0 Å². The maximum absolute atomic E-state index is 3.47. The van der Waals surface area contributed by atoms with E-state index >= 15 is 0 Å². The minimum Gasteiger partial charge on any atom is -0.125 e. The molecule has 0 aliphatic rings. The molecule has 3 aromatic rings. The van der Waals surface area contributed by atoms with E-state index in [0.29, 0.717) is 0 Å². The van der Waals surface area contributed by atoms with Gasteiger partial charge in [-0.3, -0.25) is 0 Å². The van der Waals surface area contributed by atoms with Crippen molar-refractivity contribution in [3.05, 3.63) is 96.1 Å². The predicted octanol–water partition coefficient (Wildman–Crippen LogP) is 3.00. The second kappa shape index (κ2) is 9.06. The van der Waals surface area contributed by atoms with Crippen LogP contribution in [-0.2, 0) is 0 Å². The van der Waals surface area contributed by atoms with Crippen LogP contribution >= 0.6 is 0 Å². The van der Waals surface area contributed by atoms with Gasteiger partial charge in [-0.25, -0.2) is 0 Å². The zero-order valence-electron chi connectivity index (χ0n) is 15.2. The van der Waals surface area contributed by atoms with Crippen LogP contribution in [-0.4, -0.2) is 17.6 Å². The lowest BCUT2D eigenvalue weighted by Gasteiger charge is -2.01. The van der Waals surface area contributed by atoms with Gasteiger partial charge >= 0.3 is 0 Å². The molecule has 3 aromatic carbocycles. The van der Waals surface area contributed by atoms with Gasteiger partial charge in [-0.2, -0.15) is 0 Å². The zero-order valence-corrected chi connectivity index (χ0v) is 17.5. The molecule has 2 heteroatoms. The summed E-state index contributed by atoms with van der Waals surface area (Å²) in [5.74, 6) is 6.67. The normalized spacial score (nSPS) is 12.1. The van der Waals surface area contributed by atoms with Crippen molar-refractivity contribution in [1.82, 2.24) is 0 Å². The molecule has 0 heterocycles. The average Bonchev–Trinajstić information content (AvgIpc) is 2.72. The summed E-state index contributed by atoms with van der Waals surface area (Å²) < 4.78 is 0. The van der Waals surface area contributed by atoms with Crippen molar-refractivity contribution in [1.29, 1.82) is 0 Å². The van der Waals surface area contributed by atoms with Gasteiger partial charge in [-0.05, 0) is 34.6 Å². The first-order chi connectivity index (χ1) is 12.7. The molecule has 26 heavy (non-hydrogen) atoms. The predicted molar refractivity (Wildman–Crippen MR) is 118 cm³/mol. The summed E-state index contributed by atoms with van der Waals surface area (Å²) in [6.45, 7) is 4.55. The molecule has 2 unspecified atom stereocenters. The molecule has 0 aliphatic heterocycles. The van der Waals surface area contributed by atoms with Crippen molar-refractivity contribution < 1.29 is 0 Å². The highest BCUT2D eigenvalue weighted by atomic mass is 28.3. The summed E-state index contributed by atoms with van der Waals surface area (Å²) in [5.41, 5.74) is 9.07. The first-order valence-electron chi connectivity index (χ1n) is 8.95. The van der Waals surface area contributed by atoms with E-state index in [-0.39, 0.29) is 0 Å². The van der Waals surface area contributed by atoms with Crippen LogP contribution in [0.2, 0.25) is 13.1 Å². The Labute approximate surface area is 160 Å². The molecular formula is C24H22Si2. The summed E-state index contributed by atoms with van der Waals surface area (Å²) in [4.78, 5) is 0. The highest BCUT2D eigenvalue weighted by Gasteiger charge is 2.03. The molecule has 0 aliphatic carbocycles. The van der Waals surface area contributed by atoms with Crippen LogP contribution in [0.15, 0.2) is 84.9 Å². The van der Waals surface area contributed by atoms with Crippen molar-refractivity contribution in [2.45, 2.75) is 13.1 Å². The van der Waals surface area contributed by atoms with Crippen LogP contribution in [0.3, 0.4) is 0 Å². The third-order valence-corrected chi connectivity index (χ3v) is 8.27. The maximum Gasteiger partial charge on any atom is 0.150 e. The topological polar surface area (TPSA) is 0 Å². The van der Waals surface area contributed by atoms with Gasteiger partial charge in [0.15, 0.2) is 17.6 Å². The van der Waals surface area contributed by atoms with Crippen molar-refractivity contribution in [2.75, 3.05) is 0 Å². The van der Waals surface area contributed by atoms with E-state index in [2.05, 4.69) is 121 Å². The lowest BCUT2D eigenvalue weighted by molar-refractivity contribution is 1.60. The van der Waals surface area contributed by atoms with Crippen LogP contribution in [0, 0.1) is 22.9 Å². The Kier molecular flexibility index (Phi) is 6.28. The van der Waals surface area contributed by atoms with Gasteiger partial charge in [0.1, 0.15) is 0 Å². The molecule has 0 bridgehead atoms. The van der Waals surface area contributed by atoms with E-state index in [4.69, 9.17) is 0 Å². The monoisotopic (exact) mass is 366 g/mol. The smallest absolute Gasteiger partial charge is 0.125 e. The van der Waals surface area contributed by atoms with Gasteiger partial charge in [0.05, 0.1) is 0 Å². The third kappa shape index (κ3) is 5.10. The molecule has 126 valence electrons. The van der Waals surface area contributed by atoms with Crippen molar-refractivity contribution >= 4 is 28.0 Å². The molecule has 0 fully saturated rings. The molecule has 0 N–H and O–H groups in total. The van der Waals surface area contributed by atoms with Gasteiger partial charge in [-0.1, -0.05) is 85.6 Å². The van der Waals surface area contributed by atoms with Gasteiger partial charge in [-0.15, -0.1) is 11.1 Å². The lowest BCUT2D eigenvalue weighted by Crippen LogP contribution is -2.24. The fourth-order valence-electron chi connectivity index (χ4n) is 2.67. The maximum atomic E-state index is 3.47. The first kappa shape index (κ1) is 18.0. The zero-order chi connectivity index (χ0) is 18.2. The molecule has 0 nitrogen and oxygen atoms in total. The summed E-state index contributed by atoms with van der Waals surface area (Å²) in [6.07, 6.45) is 0. The van der Waals surface area contributed by atoms with Crippen LogP contribution in [0.25, 0.3) is 0 Å². The fourth-order valence-corrected chi connectivity index (χ4v) is 5.37. The molecule has 0 amide bonds. The van der Waals surface area contributed by atoms with Crippen molar-refractivity contribution in [3.8, 4) is 22.9 Å². The Morgan fingerprint density at radius 1 is 0.500 bits per heavy atom. The molecule has 0 spiro atoms. The van der Waals surface area contributed by atoms with Crippen molar-refractivity contribution in [3.63, 3.8) is 0 Å². The Bertz CT molecular complexity index is 871. The quantitative estimate of drug-likeness (QED) is 0.483. The Morgan fingerprint density at radius 3 is 1.19 bits per heavy atom. The highest BCUT2D eigenvalue weighted by Crippen LogP contribution is 2.02. The summed E-state index contributed by atoms with van der Waals surface area (Å²) in [6, 6.07) is 29.5. The SMILES string of the molecule is C[SiH](C#Cc1ccc(C#C[SiH](C)c2ccccc2)cc1)c1ccccc1. The van der Waals surface area contributed by atoms with Gasteiger partial charge < -0.3 is 0 Å². The van der Waals surface area contributed by atoms with Gasteiger partial charge in [0, 0.05) is 11.1 Å². The van der Waals surface area contributed by atoms with E-state index in [1.165, 1.54) is 10.4 Å². The van der Waals surface area contributed by atoms with Gasteiger partial charge in [0.2, 0.25) is 0 Å². The largest absolute Gasteiger partial charge is 0.150 e. The highest BCUT2D eigenvalue weighted by molar-refractivity contribution is 6.79. The van der Waals surface area contributed by atoms with Crippen LogP contribution < -0.4 is 10.4 Å². The first-order valence-corrected chi connectivity index (χ1v) is 13.6. The van der Waals surface area contributed by atoms with Crippen LogP contribution in [0.1, 0.15) is 11.1 Å². The average molecular weight is 367 g/mol. The third-order valence-electron chi connectivity index (χ3n) is 4.35. The number of benzene rings is 3. The van der Waals surface area contributed by atoms with E-state index in [0.717, 1.165) is 11.1 Å². The number of rotatable bonds is 2. The van der Waals surface area contributed by atoms with E-state index in [1.807, 2.05) is 0 Å². The summed E-state index contributed by atoms with van der Waals surface area (Å²) in [5, 5.41) is 2.78. The Morgan fingerprint density at radius 2 is 0.846 bits per heavy atom. The minimum absolute atomic E-state index is 1.07. The molecule has 3 rings (SSSR count). The summed E-state index contributed by atoms with van der Waals surface area (Å²) >= 11 is 0. The molecule has 0 radical (unpaired) electrons. The molecule has 0 saturated carbocycles. The standard InChI is InChI=1S/C24H22Si2/c1-25(23-9-5-3-6-10-23)19-17-21-13-15-22(16-14-21)18-20-26(2)24-11-7-4-8-12-24/h3-16,25-26H,1-2H3. The second-order valence-corrected chi connectivity index (χ2v) is 11.2. The van der Waals surface area contributed by atoms with Crippen LogP contribution in [0.4, 0.5) is 0 Å². The molecule has 2 atom stereocenters. The number of hydrogen-bond acceptors (Lipinski definition) is 0. The minimum atomic E-state index is -1.19. The van der Waals surface area contributed by atoms with Gasteiger partial charge in [0.25, 0.3) is 0 Å². The molecular weight excluding hydrogens is 344 g/mol. The van der Waals surface area contributed by atoms with Crippen molar-refractivity contribution in [2.24, 2.45) is 0 Å². The Balaban J connectivity index is 1.67. The summed E-state index contributed by atoms with van der Waals surface area (Å²) in [7, 11) is -2.38. The number of hydrogen-bond donors (Lipinski definition) is 0. The molecule has 0 saturated heterocycles. The lowest BCUT2D eigenvalue weighted by atomic mass is 10.1. The van der Waals surface area contributed by atoms with E-state index in [9.17, 15) is 0 Å². The van der Waals surface area contributed by atoms with E-state index in [1.54, 1.807) is 0 Å². The Hall–Kier alpha value is -2.79.